The summed E-state index contributed by atoms with van der Waals surface area (Å²) in [6, 6.07) is 19.3. The first kappa shape index (κ1) is 25.8. The van der Waals surface area contributed by atoms with Crippen molar-refractivity contribution in [2.24, 2.45) is 0 Å². The third-order valence-corrected chi connectivity index (χ3v) is 7.80. The highest BCUT2D eigenvalue weighted by molar-refractivity contribution is 9.10. The van der Waals surface area contributed by atoms with Crippen LogP contribution in [0.3, 0.4) is 0 Å². The van der Waals surface area contributed by atoms with E-state index in [1.54, 1.807) is 36.4 Å². The van der Waals surface area contributed by atoms with Gasteiger partial charge in [-0.3, -0.25) is 9.10 Å². The van der Waals surface area contributed by atoms with E-state index < -0.39 is 15.9 Å². The lowest BCUT2D eigenvalue weighted by molar-refractivity contribution is -0.119. The minimum atomic E-state index is -3.98. The van der Waals surface area contributed by atoms with Gasteiger partial charge < -0.3 is 10.1 Å². The van der Waals surface area contributed by atoms with Gasteiger partial charge in [0.2, 0.25) is 5.91 Å². The molecule has 8 heteroatoms. The zero-order chi connectivity index (χ0) is 24.9. The molecule has 0 heterocycles. The Morgan fingerprint density at radius 3 is 2.38 bits per heavy atom. The second-order valence-electron chi connectivity index (χ2n) is 8.30. The van der Waals surface area contributed by atoms with Crippen LogP contribution in [-0.4, -0.2) is 27.0 Å². The number of anilines is 1. The summed E-state index contributed by atoms with van der Waals surface area (Å²) in [4.78, 5) is 13.1. The number of benzene rings is 3. The van der Waals surface area contributed by atoms with Crippen molar-refractivity contribution in [2.75, 3.05) is 10.8 Å². The highest BCUT2D eigenvalue weighted by atomic mass is 79.9. The van der Waals surface area contributed by atoms with Crippen LogP contribution in [0.15, 0.2) is 76.1 Å². The number of hydrogen-bond acceptors (Lipinski definition) is 4. The van der Waals surface area contributed by atoms with Crippen molar-refractivity contribution in [3.05, 3.63) is 87.9 Å². The van der Waals surface area contributed by atoms with Gasteiger partial charge in [-0.15, -0.1) is 0 Å². The Balaban J connectivity index is 1.85. The number of halogens is 1. The van der Waals surface area contributed by atoms with Crippen molar-refractivity contribution < 1.29 is 17.9 Å². The zero-order valence-corrected chi connectivity index (χ0v) is 22.1. The minimum Gasteiger partial charge on any atom is -0.491 e. The number of sulfonamides is 1. The van der Waals surface area contributed by atoms with E-state index >= 15 is 0 Å². The average Bonchev–Trinajstić information content (AvgIpc) is 2.78. The topological polar surface area (TPSA) is 75.7 Å². The van der Waals surface area contributed by atoms with Gasteiger partial charge in [0.05, 0.1) is 16.7 Å². The normalized spacial score (nSPS) is 11.4. The monoisotopic (exact) mass is 544 g/mol. The van der Waals surface area contributed by atoms with Crippen molar-refractivity contribution >= 4 is 37.5 Å². The Bertz CT molecular complexity index is 1260. The Morgan fingerprint density at radius 1 is 1.03 bits per heavy atom. The smallest absolute Gasteiger partial charge is 0.264 e. The first-order chi connectivity index (χ1) is 16.1. The Morgan fingerprint density at radius 2 is 1.71 bits per heavy atom. The molecule has 1 N–H and O–H groups in total. The van der Waals surface area contributed by atoms with Gasteiger partial charge >= 0.3 is 0 Å². The summed E-state index contributed by atoms with van der Waals surface area (Å²) in [5.74, 6) is 0.306. The van der Waals surface area contributed by atoms with Crippen molar-refractivity contribution in [1.29, 1.82) is 0 Å². The summed E-state index contributed by atoms with van der Waals surface area (Å²) in [5.41, 5.74) is 2.98. The molecule has 0 spiro atoms. The van der Waals surface area contributed by atoms with Crippen LogP contribution in [-0.2, 0) is 21.4 Å². The van der Waals surface area contributed by atoms with Gasteiger partial charge in [-0.05, 0) is 75.2 Å². The molecular formula is C26H29BrN2O4S. The highest BCUT2D eigenvalue weighted by Crippen LogP contribution is 2.31. The highest BCUT2D eigenvalue weighted by Gasteiger charge is 2.28. The van der Waals surface area contributed by atoms with Crippen LogP contribution >= 0.6 is 15.9 Å². The number of amides is 1. The molecule has 0 unspecified atom stereocenters. The van der Waals surface area contributed by atoms with Crippen LogP contribution in [0.4, 0.5) is 5.69 Å². The van der Waals surface area contributed by atoms with Crippen molar-refractivity contribution in [2.45, 2.75) is 45.2 Å². The van der Waals surface area contributed by atoms with Gasteiger partial charge in [-0.2, -0.15) is 0 Å². The third kappa shape index (κ3) is 6.39. The van der Waals surface area contributed by atoms with E-state index in [9.17, 15) is 13.2 Å². The van der Waals surface area contributed by atoms with Crippen molar-refractivity contribution in [3.8, 4) is 5.75 Å². The van der Waals surface area contributed by atoms with E-state index in [0.717, 1.165) is 31.2 Å². The van der Waals surface area contributed by atoms with Crippen LogP contribution < -0.4 is 14.4 Å². The molecule has 180 valence electrons. The standard InChI is InChI=1S/C26H29BrN2O4S/c1-18(2)33-22-8-5-7-21(15-22)16-28-26(30)17-29(25-10-6-9-24(27)20(25)4)34(31,32)23-13-11-19(3)12-14-23/h5-15,18H,16-17H2,1-4H3,(H,28,30). The SMILES string of the molecule is Cc1ccc(S(=O)(=O)N(CC(=O)NCc2cccc(OC(C)C)c2)c2cccc(Br)c2C)cc1. The third-order valence-electron chi connectivity index (χ3n) is 5.16. The fourth-order valence-electron chi connectivity index (χ4n) is 3.39. The molecule has 0 aliphatic carbocycles. The fourth-order valence-corrected chi connectivity index (χ4v) is 5.23. The number of ether oxygens (including phenoxy) is 1. The Labute approximate surface area is 210 Å². The summed E-state index contributed by atoms with van der Waals surface area (Å²) < 4.78 is 34.8. The first-order valence-corrected chi connectivity index (χ1v) is 13.2. The predicted molar refractivity (Wildman–Crippen MR) is 139 cm³/mol. The van der Waals surface area contributed by atoms with Gasteiger partial charge in [-0.1, -0.05) is 51.8 Å². The lowest BCUT2D eigenvalue weighted by atomic mass is 10.2. The van der Waals surface area contributed by atoms with Crippen LogP contribution in [0.2, 0.25) is 0 Å². The molecule has 3 aromatic carbocycles. The number of nitrogens with zero attached hydrogens (tertiary/aromatic N) is 1. The molecule has 34 heavy (non-hydrogen) atoms. The molecule has 0 saturated heterocycles. The van der Waals surface area contributed by atoms with Gasteiger partial charge in [0.15, 0.2) is 0 Å². The maximum absolute atomic E-state index is 13.6. The van der Waals surface area contributed by atoms with Crippen LogP contribution in [0, 0.1) is 13.8 Å². The maximum atomic E-state index is 13.6. The summed E-state index contributed by atoms with van der Waals surface area (Å²) in [5, 5.41) is 2.83. The Hall–Kier alpha value is -2.84. The number of rotatable bonds is 9. The molecule has 0 saturated carbocycles. The summed E-state index contributed by atoms with van der Waals surface area (Å²) >= 11 is 3.46. The van der Waals surface area contributed by atoms with Gasteiger partial charge in [0, 0.05) is 11.0 Å². The minimum absolute atomic E-state index is 0.0406. The Kier molecular flexibility index (Phi) is 8.38. The zero-order valence-electron chi connectivity index (χ0n) is 19.7. The lowest BCUT2D eigenvalue weighted by Gasteiger charge is -2.26. The number of nitrogens with one attached hydrogen (secondary N) is 1. The quantitative estimate of drug-likeness (QED) is 0.393. The molecule has 3 rings (SSSR count). The molecule has 0 fully saturated rings. The fraction of sp³-hybridized carbons (Fsp3) is 0.269. The van der Waals surface area contributed by atoms with E-state index in [1.807, 2.05) is 58.0 Å². The van der Waals surface area contributed by atoms with Gasteiger partial charge in [-0.25, -0.2) is 8.42 Å². The molecule has 0 aliphatic rings. The van der Waals surface area contributed by atoms with Crippen LogP contribution in [0.5, 0.6) is 5.75 Å². The number of carbonyl (C=O) groups is 1. The molecule has 0 aromatic heterocycles. The van der Waals surface area contributed by atoms with Crippen LogP contribution in [0.25, 0.3) is 0 Å². The molecule has 0 radical (unpaired) electrons. The van der Waals surface area contributed by atoms with Gasteiger partial charge in [0.1, 0.15) is 12.3 Å². The van der Waals surface area contributed by atoms with Crippen molar-refractivity contribution in [3.63, 3.8) is 0 Å². The van der Waals surface area contributed by atoms with Crippen molar-refractivity contribution in [1.82, 2.24) is 5.32 Å². The number of aryl methyl sites for hydroxylation is 1. The molecule has 0 atom stereocenters. The van der Waals surface area contributed by atoms with Gasteiger partial charge in [0.25, 0.3) is 10.0 Å². The molecule has 1 amide bonds. The summed E-state index contributed by atoms with van der Waals surface area (Å²) in [6.45, 7) is 7.50. The summed E-state index contributed by atoms with van der Waals surface area (Å²) in [6.07, 6.45) is 0.0406. The number of carbonyl (C=O) groups excluding carboxylic acids is 1. The molecule has 6 nitrogen and oxygen atoms in total. The second-order valence-corrected chi connectivity index (χ2v) is 11.0. The van der Waals surface area contributed by atoms with E-state index in [1.165, 1.54) is 0 Å². The number of hydrogen-bond donors (Lipinski definition) is 1. The second kappa shape index (κ2) is 11.1. The van der Waals surface area contributed by atoms with E-state index in [-0.39, 0.29) is 24.1 Å². The molecule has 3 aromatic rings. The summed E-state index contributed by atoms with van der Waals surface area (Å²) in [7, 11) is -3.98. The molecule has 0 aliphatic heterocycles. The average molecular weight is 545 g/mol. The molecular weight excluding hydrogens is 516 g/mol. The van der Waals surface area contributed by atoms with Crippen LogP contribution in [0.1, 0.15) is 30.5 Å². The van der Waals surface area contributed by atoms with E-state index in [4.69, 9.17) is 4.74 Å². The largest absolute Gasteiger partial charge is 0.491 e. The van der Waals surface area contributed by atoms with E-state index in [2.05, 4.69) is 21.2 Å². The first-order valence-electron chi connectivity index (χ1n) is 10.9. The predicted octanol–water partition coefficient (Wildman–Crippen LogP) is 5.36. The maximum Gasteiger partial charge on any atom is 0.264 e. The van der Waals surface area contributed by atoms with E-state index in [0.29, 0.717) is 5.69 Å². The molecule has 0 bridgehead atoms. The lowest BCUT2D eigenvalue weighted by Crippen LogP contribution is -2.41.